The zero-order chi connectivity index (χ0) is 26.8. The van der Waals surface area contributed by atoms with Crippen LogP contribution in [0.1, 0.15) is 22.3 Å². The molecule has 7 heteroatoms. The molecule has 0 aliphatic carbocycles. The highest BCUT2D eigenvalue weighted by Gasteiger charge is 2.21. The Labute approximate surface area is 226 Å². The highest BCUT2D eigenvalue weighted by Crippen LogP contribution is 2.34. The van der Waals surface area contributed by atoms with Crippen molar-refractivity contribution in [3.05, 3.63) is 96.1 Å². The molecule has 1 aliphatic heterocycles. The van der Waals surface area contributed by atoms with Crippen LogP contribution in [0, 0.1) is 0 Å². The molecule has 0 spiro atoms. The number of aryl methyl sites for hydroxylation is 1. The lowest BCUT2D eigenvalue weighted by molar-refractivity contribution is 0.0697. The van der Waals surface area contributed by atoms with E-state index in [0.717, 1.165) is 62.8 Å². The number of ether oxygens (including phenoxy) is 2. The van der Waals surface area contributed by atoms with Gasteiger partial charge in [-0.2, -0.15) is 0 Å². The maximum absolute atomic E-state index is 11.1. The minimum atomic E-state index is -0.928. The van der Waals surface area contributed by atoms with Gasteiger partial charge in [-0.15, -0.1) is 0 Å². The summed E-state index contributed by atoms with van der Waals surface area (Å²) < 4.78 is 12.2. The Morgan fingerprint density at radius 1 is 1.00 bits per heavy atom. The van der Waals surface area contributed by atoms with E-state index >= 15 is 0 Å². The molecule has 1 aromatic heterocycles. The summed E-state index contributed by atoms with van der Waals surface area (Å²) in [5, 5.41) is 25.1. The van der Waals surface area contributed by atoms with E-state index in [-0.39, 0.29) is 18.3 Å². The first kappa shape index (κ1) is 25.0. The largest absolute Gasteiger partial charge is 0.490 e. The quantitative estimate of drug-likeness (QED) is 0.206. The van der Waals surface area contributed by atoms with E-state index in [1.54, 1.807) is 12.1 Å². The van der Waals surface area contributed by atoms with Crippen molar-refractivity contribution < 1.29 is 24.5 Å². The SMILES string of the molecule is O=C(O)c1ccc(-c2ccc3c(c2)CC[C@H](CNC[C@H](O)COc2cccc4[nH]c5ccccc5c24)O3)cc1. The van der Waals surface area contributed by atoms with Gasteiger partial charge in [0.2, 0.25) is 0 Å². The maximum atomic E-state index is 11.1. The summed E-state index contributed by atoms with van der Waals surface area (Å²) in [7, 11) is 0. The molecule has 0 saturated carbocycles. The first-order valence-electron chi connectivity index (χ1n) is 13.2. The zero-order valence-corrected chi connectivity index (χ0v) is 21.4. The molecule has 2 heterocycles. The Kier molecular flexibility index (Phi) is 6.92. The predicted molar refractivity (Wildman–Crippen MR) is 152 cm³/mol. The molecular formula is C32H30N2O5. The monoisotopic (exact) mass is 522 g/mol. The normalized spacial score (nSPS) is 15.6. The lowest BCUT2D eigenvalue weighted by Gasteiger charge is -2.27. The second-order valence-corrected chi connectivity index (χ2v) is 9.96. The molecular weight excluding hydrogens is 492 g/mol. The average Bonchev–Trinajstić information content (AvgIpc) is 3.35. The summed E-state index contributed by atoms with van der Waals surface area (Å²) in [6, 6.07) is 27.1. The van der Waals surface area contributed by atoms with Crippen LogP contribution in [0.25, 0.3) is 32.9 Å². The smallest absolute Gasteiger partial charge is 0.335 e. The molecule has 4 aromatic carbocycles. The Balaban J connectivity index is 1.00. The molecule has 0 fully saturated rings. The van der Waals surface area contributed by atoms with Crippen molar-refractivity contribution in [3.63, 3.8) is 0 Å². The van der Waals surface area contributed by atoms with Crippen molar-refractivity contribution in [1.29, 1.82) is 0 Å². The summed E-state index contributed by atoms with van der Waals surface area (Å²) in [6.07, 6.45) is 1.13. The maximum Gasteiger partial charge on any atom is 0.335 e. The number of hydrogen-bond acceptors (Lipinski definition) is 5. The number of aliphatic hydroxyl groups is 1. The van der Waals surface area contributed by atoms with E-state index < -0.39 is 12.1 Å². The number of H-pyrrole nitrogens is 1. The number of aliphatic hydroxyl groups excluding tert-OH is 1. The van der Waals surface area contributed by atoms with Crippen molar-refractivity contribution in [2.24, 2.45) is 0 Å². The van der Waals surface area contributed by atoms with Gasteiger partial charge in [-0.05, 0) is 72.0 Å². The molecule has 0 bridgehead atoms. The van der Waals surface area contributed by atoms with E-state index in [0.29, 0.717) is 13.1 Å². The van der Waals surface area contributed by atoms with E-state index in [1.165, 1.54) is 0 Å². The van der Waals surface area contributed by atoms with Gasteiger partial charge < -0.3 is 30.0 Å². The van der Waals surface area contributed by atoms with Crippen LogP contribution >= 0.6 is 0 Å². The van der Waals surface area contributed by atoms with Gasteiger partial charge in [-0.25, -0.2) is 4.79 Å². The molecule has 198 valence electrons. The fourth-order valence-corrected chi connectivity index (χ4v) is 5.22. The van der Waals surface area contributed by atoms with Crippen LogP contribution < -0.4 is 14.8 Å². The van der Waals surface area contributed by atoms with Gasteiger partial charge in [0.05, 0.1) is 11.1 Å². The molecule has 0 unspecified atom stereocenters. The van der Waals surface area contributed by atoms with Crippen molar-refractivity contribution in [2.45, 2.75) is 25.0 Å². The number of nitrogens with one attached hydrogen (secondary N) is 2. The Morgan fingerprint density at radius 2 is 1.79 bits per heavy atom. The standard InChI is InChI=1S/C32H30N2O5/c35-24(19-38-30-7-3-6-28-31(30)26-4-1-2-5-27(26)34-28)17-33-18-25-14-12-23-16-22(13-15-29(23)39-25)20-8-10-21(11-9-20)32(36)37/h1-11,13,15-16,24-25,33-35H,12,14,17-19H2,(H,36,37)/t24-,25+/m0/s1. The summed E-state index contributed by atoms with van der Waals surface area (Å²) in [5.41, 5.74) is 5.51. The molecule has 5 aromatic rings. The second-order valence-electron chi connectivity index (χ2n) is 9.96. The highest BCUT2D eigenvalue weighted by atomic mass is 16.5. The van der Waals surface area contributed by atoms with Gasteiger partial charge in [0, 0.05) is 29.4 Å². The van der Waals surface area contributed by atoms with E-state index in [9.17, 15) is 9.90 Å². The molecule has 2 atom stereocenters. The minimum absolute atomic E-state index is 0.0197. The summed E-state index contributed by atoms with van der Waals surface area (Å²) >= 11 is 0. The molecule has 7 nitrogen and oxygen atoms in total. The number of benzene rings is 4. The van der Waals surface area contributed by atoms with Gasteiger partial charge >= 0.3 is 5.97 Å². The third-order valence-corrected chi connectivity index (χ3v) is 7.23. The van der Waals surface area contributed by atoms with Crippen molar-refractivity contribution in [1.82, 2.24) is 10.3 Å². The van der Waals surface area contributed by atoms with E-state index in [4.69, 9.17) is 14.6 Å². The van der Waals surface area contributed by atoms with Crippen LogP contribution in [-0.2, 0) is 6.42 Å². The summed E-state index contributed by atoms with van der Waals surface area (Å²) in [5.74, 6) is 0.700. The fraction of sp³-hybridized carbons (Fsp3) is 0.219. The Bertz CT molecular complexity index is 1630. The van der Waals surface area contributed by atoms with Gasteiger partial charge in [0.15, 0.2) is 0 Å². The van der Waals surface area contributed by atoms with Crippen molar-refractivity contribution >= 4 is 27.8 Å². The van der Waals surface area contributed by atoms with E-state index in [2.05, 4.69) is 22.4 Å². The van der Waals surface area contributed by atoms with Crippen molar-refractivity contribution in [3.8, 4) is 22.6 Å². The molecule has 1 aliphatic rings. The number of aromatic carboxylic acids is 1. The third kappa shape index (κ3) is 5.32. The fourth-order valence-electron chi connectivity index (χ4n) is 5.22. The number of aromatic nitrogens is 1. The van der Waals surface area contributed by atoms with Crippen LogP contribution in [0.3, 0.4) is 0 Å². The molecule has 6 rings (SSSR count). The minimum Gasteiger partial charge on any atom is -0.490 e. The summed E-state index contributed by atoms with van der Waals surface area (Å²) in [6.45, 7) is 1.23. The number of carboxylic acid groups (broad SMARTS) is 1. The molecule has 4 N–H and O–H groups in total. The number of aromatic amines is 1. The summed E-state index contributed by atoms with van der Waals surface area (Å²) in [4.78, 5) is 14.5. The predicted octanol–water partition coefficient (Wildman–Crippen LogP) is 5.41. The third-order valence-electron chi connectivity index (χ3n) is 7.23. The number of fused-ring (bicyclic) bond motifs is 4. The van der Waals surface area contributed by atoms with Crippen LogP contribution in [0.15, 0.2) is 84.9 Å². The Morgan fingerprint density at radius 3 is 2.64 bits per heavy atom. The molecule has 0 saturated heterocycles. The van der Waals surface area contributed by atoms with Crippen molar-refractivity contribution in [2.75, 3.05) is 19.7 Å². The van der Waals surface area contributed by atoms with Crippen LogP contribution in [-0.4, -0.2) is 53.1 Å². The van der Waals surface area contributed by atoms with Crippen LogP contribution in [0.5, 0.6) is 11.5 Å². The highest BCUT2D eigenvalue weighted by molar-refractivity contribution is 6.10. The van der Waals surface area contributed by atoms with Gasteiger partial charge in [-0.3, -0.25) is 0 Å². The van der Waals surface area contributed by atoms with Crippen LogP contribution in [0.2, 0.25) is 0 Å². The number of hydrogen-bond donors (Lipinski definition) is 4. The second kappa shape index (κ2) is 10.8. The first-order valence-corrected chi connectivity index (χ1v) is 13.2. The average molecular weight is 523 g/mol. The number of para-hydroxylation sites is 1. The zero-order valence-electron chi connectivity index (χ0n) is 21.4. The van der Waals surface area contributed by atoms with E-state index in [1.807, 2.05) is 60.7 Å². The van der Waals surface area contributed by atoms with Gasteiger partial charge in [-0.1, -0.05) is 42.5 Å². The Hall–Kier alpha value is -4.33. The molecule has 0 radical (unpaired) electrons. The number of carboxylic acids is 1. The van der Waals surface area contributed by atoms with Gasteiger partial charge in [0.25, 0.3) is 0 Å². The lowest BCUT2D eigenvalue weighted by atomic mass is 9.96. The number of rotatable bonds is 9. The molecule has 0 amide bonds. The van der Waals surface area contributed by atoms with Crippen LogP contribution in [0.4, 0.5) is 0 Å². The number of carbonyl (C=O) groups is 1. The molecule has 39 heavy (non-hydrogen) atoms. The topological polar surface area (TPSA) is 104 Å². The first-order chi connectivity index (χ1) is 19.0. The van der Waals surface area contributed by atoms with Gasteiger partial charge in [0.1, 0.15) is 30.3 Å². The lowest BCUT2D eigenvalue weighted by Crippen LogP contribution is -2.39.